The number of Topliss-reactive ketones (excluding diaryl/α,β-unsaturated/α-hetero) is 1. The molecule has 1 N–H and O–H groups in total. The van der Waals surface area contributed by atoms with Crippen LogP contribution < -0.4 is 4.90 Å². The van der Waals surface area contributed by atoms with Gasteiger partial charge in [-0.2, -0.15) is 0 Å². The second-order valence-electron chi connectivity index (χ2n) is 15.6. The minimum atomic E-state index is -0.696. The molecule has 0 amide bonds. The molecule has 3 aromatic rings. The number of ether oxygens (including phenoxy) is 1. The maximum absolute atomic E-state index is 13.7. The van der Waals surface area contributed by atoms with Crippen LogP contribution in [0.2, 0.25) is 0 Å². The lowest BCUT2D eigenvalue weighted by atomic mass is 9.44. The predicted molar refractivity (Wildman–Crippen MR) is 193 cm³/mol. The van der Waals surface area contributed by atoms with Gasteiger partial charge in [0.05, 0.1) is 12.3 Å². The third-order valence-corrected chi connectivity index (χ3v) is 13.1. The fourth-order valence-corrected chi connectivity index (χ4v) is 9.83. The first-order valence-corrected chi connectivity index (χ1v) is 18.3. The highest BCUT2D eigenvalue weighted by Crippen LogP contribution is 2.68. The maximum Gasteiger partial charge on any atom is 0.328 e. The maximum atomic E-state index is 13.7. The largest absolute Gasteiger partial charge is 0.460 e. The quantitative estimate of drug-likeness (QED) is 0.179. The summed E-state index contributed by atoms with van der Waals surface area (Å²) in [5, 5.41) is 20.5. The minimum absolute atomic E-state index is 0.0689. The van der Waals surface area contributed by atoms with Crippen molar-refractivity contribution in [2.45, 2.75) is 98.8 Å². The Morgan fingerprint density at radius 2 is 1.84 bits per heavy atom. The summed E-state index contributed by atoms with van der Waals surface area (Å²) in [4.78, 5) is 29.8. The molecule has 1 aromatic heterocycles. The van der Waals surface area contributed by atoms with Crippen molar-refractivity contribution in [1.82, 2.24) is 15.0 Å². The highest BCUT2D eigenvalue weighted by atomic mass is 16.5. The Morgan fingerprint density at radius 1 is 1.10 bits per heavy atom. The number of nitrogens with zero attached hydrogens (tertiary/aromatic N) is 4. The van der Waals surface area contributed by atoms with Gasteiger partial charge in [-0.15, -0.1) is 11.7 Å². The highest BCUT2D eigenvalue weighted by Gasteiger charge is 2.68. The normalized spacial score (nSPS) is 32.6. The molecule has 8 heteroatoms. The van der Waals surface area contributed by atoms with Gasteiger partial charge in [0.15, 0.2) is 0 Å². The van der Waals surface area contributed by atoms with Crippen molar-refractivity contribution < 1.29 is 19.4 Å². The fraction of sp³-hybridized carbons (Fsp3) is 0.561. The highest BCUT2D eigenvalue weighted by molar-refractivity contribution is 5.85. The minimum Gasteiger partial charge on any atom is -0.460 e. The third kappa shape index (κ3) is 6.15. The molecule has 3 saturated carbocycles. The van der Waals surface area contributed by atoms with E-state index < -0.39 is 29.0 Å². The number of esters is 1. The van der Waals surface area contributed by atoms with Gasteiger partial charge in [0, 0.05) is 47.5 Å². The van der Waals surface area contributed by atoms with Crippen LogP contribution in [0.15, 0.2) is 67.4 Å². The molecule has 49 heavy (non-hydrogen) atoms. The lowest BCUT2D eigenvalue weighted by molar-refractivity contribution is -0.207. The van der Waals surface area contributed by atoms with Crippen molar-refractivity contribution >= 4 is 17.4 Å². The van der Waals surface area contributed by atoms with Crippen LogP contribution in [0.3, 0.4) is 0 Å². The standard InChI is InChI=1S/C41H54N4O4/c1-8-39(6)24-35(40(7)27(4)18-20-41(28(5)38(39)48)21-19-34(46)37(40)41)49-36(47)26-45-25-33(42-43-45)31-13-11-12-30(23-31)22-29-14-16-32(17-15-29)44(9-2)10-3/h8,11-17,23,25,27-28,35,37-38,48H,1,9-10,18-22,24,26H2,2-7H3/t27-,28+,35-,37+,38+,39-,40+,41+/m1/s1. The first-order valence-electron chi connectivity index (χ1n) is 18.3. The second kappa shape index (κ2) is 13.5. The zero-order valence-corrected chi connectivity index (χ0v) is 30.2. The fourth-order valence-electron chi connectivity index (χ4n) is 9.83. The van der Waals surface area contributed by atoms with Gasteiger partial charge in [-0.1, -0.05) is 69.3 Å². The molecule has 8 atom stereocenters. The molecule has 3 fully saturated rings. The zero-order valence-electron chi connectivity index (χ0n) is 30.2. The second-order valence-corrected chi connectivity index (χ2v) is 15.6. The summed E-state index contributed by atoms with van der Waals surface area (Å²) in [6.45, 7) is 18.8. The van der Waals surface area contributed by atoms with Crippen molar-refractivity contribution in [2.75, 3.05) is 18.0 Å². The van der Waals surface area contributed by atoms with Gasteiger partial charge in [0.2, 0.25) is 0 Å². The summed E-state index contributed by atoms with van der Waals surface area (Å²) in [6, 6.07) is 17.0. The number of rotatable bonds is 10. The van der Waals surface area contributed by atoms with Crippen LogP contribution in [0.1, 0.15) is 84.8 Å². The van der Waals surface area contributed by atoms with E-state index in [0.717, 1.165) is 44.3 Å². The van der Waals surface area contributed by atoms with Gasteiger partial charge in [-0.25, -0.2) is 4.68 Å². The number of anilines is 1. The molecule has 2 bridgehead atoms. The van der Waals surface area contributed by atoms with Crippen molar-refractivity contribution in [1.29, 1.82) is 0 Å². The summed E-state index contributed by atoms with van der Waals surface area (Å²) in [5.74, 6) is -0.330. The first kappa shape index (κ1) is 35.1. The molecule has 0 spiro atoms. The van der Waals surface area contributed by atoms with Crippen LogP contribution in [0.4, 0.5) is 5.69 Å². The van der Waals surface area contributed by atoms with Gasteiger partial charge in [0.1, 0.15) is 24.1 Å². The van der Waals surface area contributed by atoms with E-state index >= 15 is 0 Å². The van der Waals surface area contributed by atoms with Gasteiger partial charge < -0.3 is 14.7 Å². The molecule has 1 heterocycles. The monoisotopic (exact) mass is 666 g/mol. The van der Waals surface area contributed by atoms with Crippen LogP contribution in [-0.4, -0.2) is 57.2 Å². The summed E-state index contributed by atoms with van der Waals surface area (Å²) >= 11 is 0. The van der Waals surface area contributed by atoms with Crippen LogP contribution >= 0.6 is 0 Å². The van der Waals surface area contributed by atoms with Crippen molar-refractivity contribution in [3.05, 3.63) is 78.5 Å². The number of aliphatic hydroxyl groups is 1. The van der Waals surface area contributed by atoms with Crippen molar-refractivity contribution in [3.63, 3.8) is 0 Å². The Hall–Kier alpha value is -3.78. The molecule has 8 nitrogen and oxygen atoms in total. The van der Waals surface area contributed by atoms with Gasteiger partial charge in [0.25, 0.3) is 0 Å². The van der Waals surface area contributed by atoms with Crippen LogP contribution in [0.25, 0.3) is 11.3 Å². The molecular formula is C41H54N4O4. The smallest absolute Gasteiger partial charge is 0.328 e. The number of ketones is 1. The van der Waals surface area contributed by atoms with Crippen molar-refractivity contribution in [2.24, 2.45) is 34.0 Å². The number of carbonyl (C=O) groups excluding carboxylic acids is 2. The van der Waals surface area contributed by atoms with E-state index in [-0.39, 0.29) is 35.5 Å². The number of carbonyl (C=O) groups is 2. The van der Waals surface area contributed by atoms with E-state index in [4.69, 9.17) is 4.74 Å². The topological polar surface area (TPSA) is 97.5 Å². The van der Waals surface area contributed by atoms with Gasteiger partial charge >= 0.3 is 5.97 Å². The predicted octanol–water partition coefficient (Wildman–Crippen LogP) is 7.29. The summed E-state index contributed by atoms with van der Waals surface area (Å²) in [7, 11) is 0. The average Bonchev–Trinajstić information content (AvgIpc) is 3.71. The molecule has 0 aliphatic heterocycles. The summed E-state index contributed by atoms with van der Waals surface area (Å²) in [6.07, 6.45) is 6.68. The Bertz CT molecular complexity index is 1680. The Labute approximate surface area is 291 Å². The van der Waals surface area contributed by atoms with E-state index in [1.165, 1.54) is 21.5 Å². The van der Waals surface area contributed by atoms with Gasteiger partial charge in [-0.05, 0) is 92.5 Å². The lowest BCUT2D eigenvalue weighted by Gasteiger charge is -2.61. The number of aliphatic hydroxyl groups excluding tert-OH is 1. The molecule has 0 radical (unpaired) electrons. The summed E-state index contributed by atoms with van der Waals surface area (Å²) in [5.41, 5.74) is 3.71. The van der Waals surface area contributed by atoms with E-state index in [1.807, 2.05) is 25.1 Å². The van der Waals surface area contributed by atoms with Crippen LogP contribution in [0.5, 0.6) is 0 Å². The Kier molecular flexibility index (Phi) is 9.66. The molecule has 6 rings (SSSR count). The SMILES string of the molecule is C=C[C@]1(C)C[C@@H](OC(=O)Cn2cc(-c3cccc(Cc4ccc(N(CC)CC)cc4)c3)nn2)[C@]2(C)[C@H](C)CC[C@]3(CCC(=O)[C@H]32)[C@@H](C)[C@@H]1O. The molecule has 262 valence electrons. The number of benzene rings is 2. The number of hydrogen-bond donors (Lipinski definition) is 1. The Balaban J connectivity index is 1.19. The van der Waals surface area contributed by atoms with E-state index in [1.54, 1.807) is 6.20 Å². The molecule has 0 unspecified atom stereocenters. The first-order chi connectivity index (χ1) is 23.4. The summed E-state index contributed by atoms with van der Waals surface area (Å²) < 4.78 is 7.95. The third-order valence-electron chi connectivity index (χ3n) is 13.1. The van der Waals surface area contributed by atoms with E-state index in [0.29, 0.717) is 18.5 Å². The van der Waals surface area contributed by atoms with Crippen molar-refractivity contribution in [3.8, 4) is 11.3 Å². The van der Waals surface area contributed by atoms with E-state index in [2.05, 4.69) is 92.8 Å². The van der Waals surface area contributed by atoms with Crippen LogP contribution in [-0.2, 0) is 27.3 Å². The number of aromatic nitrogens is 3. The van der Waals surface area contributed by atoms with Crippen LogP contribution in [0, 0.1) is 34.0 Å². The van der Waals surface area contributed by atoms with Gasteiger partial charge in [-0.3, -0.25) is 9.59 Å². The molecule has 3 aliphatic rings. The Morgan fingerprint density at radius 3 is 2.53 bits per heavy atom. The zero-order chi connectivity index (χ0) is 35.1. The molecule has 0 saturated heterocycles. The lowest BCUT2D eigenvalue weighted by Crippen LogP contribution is -2.63. The van der Waals surface area contributed by atoms with E-state index in [9.17, 15) is 14.7 Å². The molecule has 2 aromatic carbocycles. The average molecular weight is 667 g/mol. The molecular weight excluding hydrogens is 612 g/mol. The number of hydrogen-bond acceptors (Lipinski definition) is 7. The molecule has 3 aliphatic carbocycles.